The number of esters is 1. The molecule has 5 rings (SSSR count). The van der Waals surface area contributed by atoms with E-state index in [1.165, 1.54) is 12.0 Å². The number of rotatable bonds is 9. The highest BCUT2D eigenvalue weighted by Gasteiger charge is 2.35. The first-order valence-electron chi connectivity index (χ1n) is 12.8. The van der Waals surface area contributed by atoms with Crippen molar-refractivity contribution in [1.82, 2.24) is 9.47 Å². The number of amides is 3. The lowest BCUT2D eigenvalue weighted by Crippen LogP contribution is -2.32. The van der Waals surface area contributed by atoms with Crippen molar-refractivity contribution < 1.29 is 28.7 Å². The van der Waals surface area contributed by atoms with Crippen LogP contribution in [0.1, 0.15) is 21.5 Å². The lowest BCUT2D eigenvalue weighted by atomic mass is 10.1. The van der Waals surface area contributed by atoms with Crippen LogP contribution in [0.4, 0.5) is 10.5 Å². The number of carbonyl (C=O) groups is 4. The lowest BCUT2D eigenvalue weighted by Gasteiger charge is -2.13. The summed E-state index contributed by atoms with van der Waals surface area (Å²) in [6, 6.07) is 21.5. The van der Waals surface area contributed by atoms with E-state index in [1.54, 1.807) is 41.1 Å². The first kappa shape index (κ1) is 27.7. The minimum absolute atomic E-state index is 0.0188. The van der Waals surface area contributed by atoms with Gasteiger partial charge >= 0.3 is 5.97 Å². The van der Waals surface area contributed by atoms with Crippen LogP contribution in [0.15, 0.2) is 83.9 Å². The highest BCUT2D eigenvalue weighted by Crippen LogP contribution is 2.34. The van der Waals surface area contributed by atoms with Gasteiger partial charge in [-0.2, -0.15) is 0 Å². The molecule has 0 saturated carbocycles. The molecule has 1 aliphatic heterocycles. The van der Waals surface area contributed by atoms with Crippen molar-refractivity contribution in [3.63, 3.8) is 0 Å². The number of methoxy groups -OCH3 is 1. The van der Waals surface area contributed by atoms with Gasteiger partial charge < -0.3 is 19.4 Å². The number of thioether (sulfide) groups is 1. The summed E-state index contributed by atoms with van der Waals surface area (Å²) in [5.41, 5.74) is 3.56. The van der Waals surface area contributed by atoms with Gasteiger partial charge in [-0.05, 0) is 67.2 Å². The molecule has 9 nitrogen and oxygen atoms in total. The molecule has 0 unspecified atom stereocenters. The van der Waals surface area contributed by atoms with Gasteiger partial charge in [0.1, 0.15) is 18.9 Å². The van der Waals surface area contributed by atoms with Crippen LogP contribution in [0.2, 0.25) is 0 Å². The zero-order valence-corrected chi connectivity index (χ0v) is 23.3. The van der Waals surface area contributed by atoms with Crippen LogP contribution in [0.5, 0.6) is 5.75 Å². The number of benzene rings is 3. The van der Waals surface area contributed by atoms with E-state index < -0.39 is 5.97 Å². The molecule has 1 aromatic heterocycles. The molecule has 1 N–H and O–H groups in total. The third-order valence-corrected chi connectivity index (χ3v) is 7.40. The van der Waals surface area contributed by atoms with Gasteiger partial charge in [0.25, 0.3) is 11.1 Å². The van der Waals surface area contributed by atoms with E-state index in [-0.39, 0.29) is 36.7 Å². The van der Waals surface area contributed by atoms with Crippen LogP contribution in [0.25, 0.3) is 17.0 Å². The number of hydrogen-bond acceptors (Lipinski definition) is 7. The van der Waals surface area contributed by atoms with E-state index in [1.807, 2.05) is 55.5 Å². The quantitative estimate of drug-likeness (QED) is 0.210. The van der Waals surface area contributed by atoms with Gasteiger partial charge in [0.15, 0.2) is 0 Å². The second kappa shape index (κ2) is 12.1. The molecule has 1 aliphatic rings. The predicted molar refractivity (Wildman–Crippen MR) is 158 cm³/mol. The minimum atomic E-state index is -0.456. The Morgan fingerprint density at radius 2 is 1.71 bits per heavy atom. The van der Waals surface area contributed by atoms with Gasteiger partial charge in [0, 0.05) is 28.4 Å². The molecule has 1 saturated heterocycles. The molecule has 0 aliphatic carbocycles. The summed E-state index contributed by atoms with van der Waals surface area (Å²) >= 11 is 0.885. The van der Waals surface area contributed by atoms with Crippen molar-refractivity contribution >= 4 is 57.5 Å². The normalized spacial score (nSPS) is 14.1. The number of aromatic nitrogens is 1. The summed E-state index contributed by atoms with van der Waals surface area (Å²) in [5, 5.41) is 3.32. The van der Waals surface area contributed by atoms with Gasteiger partial charge in [0.2, 0.25) is 5.91 Å². The fraction of sp³-hybridized carbons (Fsp3) is 0.161. The van der Waals surface area contributed by atoms with Crippen LogP contribution >= 0.6 is 11.8 Å². The average Bonchev–Trinajstić information content (AvgIpc) is 3.45. The fourth-order valence-corrected chi connectivity index (χ4v) is 5.26. The Morgan fingerprint density at radius 3 is 2.44 bits per heavy atom. The summed E-state index contributed by atoms with van der Waals surface area (Å²) in [7, 11) is 1.31. The molecular formula is C31H27N3O6S. The van der Waals surface area contributed by atoms with Crippen LogP contribution in [0.3, 0.4) is 0 Å². The second-order valence-corrected chi connectivity index (χ2v) is 10.3. The zero-order valence-electron chi connectivity index (χ0n) is 22.5. The Morgan fingerprint density at radius 1 is 0.976 bits per heavy atom. The SMILES string of the molecule is COC(=O)c1ccc(NC(=O)Cn2cc(/C=C3\SC(=O)N(CCOc4ccc(C)cc4)C3=O)c3ccccc32)cc1. The van der Waals surface area contributed by atoms with Crippen LogP contribution in [0, 0.1) is 6.92 Å². The molecule has 0 atom stereocenters. The molecule has 41 heavy (non-hydrogen) atoms. The van der Waals surface area contributed by atoms with Gasteiger partial charge in [-0.15, -0.1) is 0 Å². The van der Waals surface area contributed by atoms with Gasteiger partial charge in [-0.3, -0.25) is 19.3 Å². The summed E-state index contributed by atoms with van der Waals surface area (Å²) < 4.78 is 12.2. The number of imide groups is 1. The number of carbonyl (C=O) groups excluding carboxylic acids is 4. The molecule has 3 amide bonds. The van der Waals surface area contributed by atoms with Gasteiger partial charge in [-0.1, -0.05) is 35.9 Å². The summed E-state index contributed by atoms with van der Waals surface area (Å²) in [4.78, 5) is 51.7. The molecule has 2 heterocycles. The smallest absolute Gasteiger partial charge is 0.337 e. The monoisotopic (exact) mass is 569 g/mol. The molecule has 0 spiro atoms. The van der Waals surface area contributed by atoms with Crippen LogP contribution in [-0.2, 0) is 20.9 Å². The fourth-order valence-electron chi connectivity index (χ4n) is 4.41. The average molecular weight is 570 g/mol. The van der Waals surface area contributed by atoms with E-state index >= 15 is 0 Å². The van der Waals surface area contributed by atoms with Gasteiger partial charge in [0.05, 0.1) is 24.1 Å². The first-order chi connectivity index (χ1) is 19.8. The minimum Gasteiger partial charge on any atom is -0.492 e. The molecular weight excluding hydrogens is 542 g/mol. The Bertz CT molecular complexity index is 1660. The van der Waals surface area contributed by atoms with Crippen molar-refractivity contribution in [3.8, 4) is 5.75 Å². The largest absolute Gasteiger partial charge is 0.492 e. The number of fused-ring (bicyclic) bond motifs is 1. The number of ether oxygens (including phenoxy) is 2. The Kier molecular flexibility index (Phi) is 8.21. The maximum absolute atomic E-state index is 13.1. The number of hydrogen-bond donors (Lipinski definition) is 1. The zero-order chi connectivity index (χ0) is 28.9. The number of para-hydroxylation sites is 1. The molecule has 1 fully saturated rings. The maximum Gasteiger partial charge on any atom is 0.337 e. The number of nitrogens with zero attached hydrogens (tertiary/aromatic N) is 2. The Hall–Kier alpha value is -4.83. The van der Waals surface area contributed by atoms with Crippen molar-refractivity contribution in [2.45, 2.75) is 13.5 Å². The molecule has 4 aromatic rings. The highest BCUT2D eigenvalue weighted by atomic mass is 32.2. The number of anilines is 1. The molecule has 0 bridgehead atoms. The highest BCUT2D eigenvalue weighted by molar-refractivity contribution is 8.18. The van der Waals surface area contributed by atoms with E-state index in [9.17, 15) is 19.2 Å². The molecule has 0 radical (unpaired) electrons. The molecule has 3 aromatic carbocycles. The van der Waals surface area contributed by atoms with E-state index in [4.69, 9.17) is 9.47 Å². The third-order valence-electron chi connectivity index (χ3n) is 6.49. The standard InChI is InChI=1S/C31H27N3O6S/c1-20-7-13-24(14-8-20)40-16-15-34-29(36)27(41-31(34)38)17-22-18-33(26-6-4-3-5-25(22)26)19-28(35)32-23-11-9-21(10-12-23)30(37)39-2/h3-14,17-18H,15-16,19H2,1-2H3,(H,32,35)/b27-17-. The number of nitrogens with one attached hydrogen (secondary N) is 1. The second-order valence-electron chi connectivity index (χ2n) is 9.34. The molecule has 10 heteroatoms. The van der Waals surface area contributed by atoms with Crippen molar-refractivity contribution in [2.24, 2.45) is 0 Å². The molecule has 208 valence electrons. The van der Waals surface area contributed by atoms with Crippen molar-refractivity contribution in [1.29, 1.82) is 0 Å². The summed E-state index contributed by atoms with van der Waals surface area (Å²) in [6.07, 6.45) is 3.48. The van der Waals surface area contributed by atoms with Crippen LogP contribution in [-0.4, -0.2) is 52.8 Å². The Labute approximate surface area is 240 Å². The van der Waals surface area contributed by atoms with Crippen molar-refractivity contribution in [2.75, 3.05) is 25.6 Å². The lowest BCUT2D eigenvalue weighted by molar-refractivity contribution is -0.123. The maximum atomic E-state index is 13.1. The van der Waals surface area contributed by atoms with E-state index in [2.05, 4.69) is 5.32 Å². The number of aryl methyl sites for hydroxylation is 1. The van der Waals surface area contributed by atoms with E-state index in [0.29, 0.717) is 21.9 Å². The topological polar surface area (TPSA) is 107 Å². The summed E-state index contributed by atoms with van der Waals surface area (Å²) in [5.74, 6) is -0.426. The van der Waals surface area contributed by atoms with Gasteiger partial charge in [-0.25, -0.2) is 4.79 Å². The Balaban J connectivity index is 1.28. The first-order valence-corrected chi connectivity index (χ1v) is 13.6. The third kappa shape index (κ3) is 6.33. The van der Waals surface area contributed by atoms with Crippen molar-refractivity contribution in [3.05, 3.63) is 101 Å². The van der Waals surface area contributed by atoms with Crippen LogP contribution < -0.4 is 10.1 Å². The predicted octanol–water partition coefficient (Wildman–Crippen LogP) is 5.49. The summed E-state index contributed by atoms with van der Waals surface area (Å²) in [6.45, 7) is 2.33. The van der Waals surface area contributed by atoms with E-state index in [0.717, 1.165) is 33.8 Å².